The summed E-state index contributed by atoms with van der Waals surface area (Å²) >= 11 is 3.71. The van der Waals surface area contributed by atoms with E-state index in [2.05, 4.69) is 29.1 Å². The van der Waals surface area contributed by atoms with Gasteiger partial charge in [0.15, 0.2) is 5.17 Å². The maximum absolute atomic E-state index is 4.94. The molecule has 1 aromatic heterocycles. The third kappa shape index (κ3) is 3.54. The molecule has 0 aromatic carbocycles. The Morgan fingerprint density at radius 3 is 3.16 bits per heavy atom. The van der Waals surface area contributed by atoms with E-state index in [0.717, 1.165) is 12.3 Å². The van der Waals surface area contributed by atoms with Gasteiger partial charge in [0.05, 0.1) is 6.04 Å². The van der Waals surface area contributed by atoms with E-state index in [9.17, 15) is 0 Å². The zero-order valence-electron chi connectivity index (χ0n) is 11.5. The predicted molar refractivity (Wildman–Crippen MR) is 86.3 cm³/mol. The second kappa shape index (κ2) is 6.31. The number of rotatable bonds is 3. The first-order chi connectivity index (χ1) is 9.31. The maximum atomic E-state index is 4.94. The minimum absolute atomic E-state index is 0.473. The molecule has 1 N–H and O–H groups in total. The summed E-state index contributed by atoms with van der Waals surface area (Å²) in [6, 6.07) is 3.29. The van der Waals surface area contributed by atoms with Crippen molar-refractivity contribution < 1.29 is 0 Å². The lowest BCUT2D eigenvalue weighted by molar-refractivity contribution is 0.335. The number of nitrogens with one attached hydrogen (secondary N) is 1. The zero-order chi connectivity index (χ0) is 13.1. The first-order valence-corrected chi connectivity index (χ1v) is 9.22. The molecular weight excluding hydrogens is 272 g/mol. The standard InChI is InChI=1S/C15H22N2S2/c1-11(8-12-6-7-18-9-12)16-15-17-14-5-3-2-4-13(14)10-19-15/h6-7,9,11,13-14H,2-5,8,10H2,1H3,(H,16,17). The van der Waals surface area contributed by atoms with Gasteiger partial charge < -0.3 is 5.32 Å². The van der Waals surface area contributed by atoms with Gasteiger partial charge in [0.1, 0.15) is 0 Å². The summed E-state index contributed by atoms with van der Waals surface area (Å²) in [7, 11) is 0. The van der Waals surface area contributed by atoms with Gasteiger partial charge in [0, 0.05) is 11.8 Å². The molecule has 2 heterocycles. The number of amidine groups is 1. The molecule has 1 aromatic rings. The Balaban J connectivity index is 1.56. The molecule has 1 aliphatic heterocycles. The monoisotopic (exact) mass is 294 g/mol. The molecule has 0 amide bonds. The fourth-order valence-corrected chi connectivity index (χ4v) is 4.97. The van der Waals surface area contributed by atoms with Crippen LogP contribution in [0.4, 0.5) is 0 Å². The van der Waals surface area contributed by atoms with Crippen LogP contribution in [0, 0.1) is 5.92 Å². The SMILES string of the molecule is CC(Cc1ccsc1)NC1=NC2CCCCC2CS1. The number of fused-ring (bicyclic) bond motifs is 1. The van der Waals surface area contributed by atoms with Crippen molar-refractivity contribution in [2.24, 2.45) is 10.9 Å². The molecule has 1 aliphatic carbocycles. The highest BCUT2D eigenvalue weighted by atomic mass is 32.2. The van der Waals surface area contributed by atoms with Gasteiger partial charge in [-0.3, -0.25) is 4.99 Å². The summed E-state index contributed by atoms with van der Waals surface area (Å²) in [4.78, 5) is 4.94. The summed E-state index contributed by atoms with van der Waals surface area (Å²) in [6.45, 7) is 2.26. The smallest absolute Gasteiger partial charge is 0.157 e. The first kappa shape index (κ1) is 13.5. The number of hydrogen-bond donors (Lipinski definition) is 1. The number of thiophene rings is 1. The third-order valence-corrected chi connectivity index (χ3v) is 5.90. The van der Waals surface area contributed by atoms with Crippen molar-refractivity contribution in [3.63, 3.8) is 0 Å². The van der Waals surface area contributed by atoms with Gasteiger partial charge in [-0.1, -0.05) is 24.6 Å². The second-order valence-electron chi connectivity index (χ2n) is 5.74. The van der Waals surface area contributed by atoms with Crippen LogP contribution in [-0.4, -0.2) is 23.0 Å². The van der Waals surface area contributed by atoms with Gasteiger partial charge >= 0.3 is 0 Å². The van der Waals surface area contributed by atoms with E-state index >= 15 is 0 Å². The molecule has 0 spiro atoms. The second-order valence-corrected chi connectivity index (χ2v) is 7.53. The lowest BCUT2D eigenvalue weighted by Crippen LogP contribution is -2.38. The van der Waals surface area contributed by atoms with Crippen molar-refractivity contribution in [1.29, 1.82) is 0 Å². The van der Waals surface area contributed by atoms with Crippen LogP contribution in [0.15, 0.2) is 21.8 Å². The summed E-state index contributed by atoms with van der Waals surface area (Å²) in [5.41, 5.74) is 1.43. The average molecular weight is 294 g/mol. The molecule has 2 aliphatic rings. The minimum atomic E-state index is 0.473. The van der Waals surface area contributed by atoms with Gasteiger partial charge in [0.2, 0.25) is 0 Å². The Labute approximate surface area is 124 Å². The van der Waals surface area contributed by atoms with Crippen LogP contribution in [0.2, 0.25) is 0 Å². The zero-order valence-corrected chi connectivity index (χ0v) is 13.1. The van der Waals surface area contributed by atoms with Gasteiger partial charge in [-0.25, -0.2) is 0 Å². The van der Waals surface area contributed by atoms with Crippen LogP contribution in [0.25, 0.3) is 0 Å². The molecule has 0 saturated heterocycles. The first-order valence-electron chi connectivity index (χ1n) is 7.29. The Kier molecular flexibility index (Phi) is 4.49. The Bertz CT molecular complexity index is 427. The van der Waals surface area contributed by atoms with Crippen molar-refractivity contribution in [2.45, 2.75) is 51.1 Å². The summed E-state index contributed by atoms with van der Waals surface area (Å²) in [6.07, 6.45) is 6.56. The van der Waals surface area contributed by atoms with Gasteiger partial charge in [-0.05, 0) is 54.5 Å². The van der Waals surface area contributed by atoms with Crippen LogP contribution in [-0.2, 0) is 6.42 Å². The van der Waals surface area contributed by atoms with E-state index in [0.29, 0.717) is 12.1 Å². The summed E-state index contributed by atoms with van der Waals surface area (Å²) in [5, 5.41) is 9.19. The van der Waals surface area contributed by atoms with Crippen molar-refractivity contribution in [2.75, 3.05) is 5.75 Å². The number of thioether (sulfide) groups is 1. The maximum Gasteiger partial charge on any atom is 0.157 e. The van der Waals surface area contributed by atoms with Crippen LogP contribution >= 0.6 is 23.1 Å². The summed E-state index contributed by atoms with van der Waals surface area (Å²) < 4.78 is 0. The molecule has 1 saturated carbocycles. The Hall–Kier alpha value is -0.480. The van der Waals surface area contributed by atoms with Crippen molar-refractivity contribution >= 4 is 28.3 Å². The van der Waals surface area contributed by atoms with Crippen molar-refractivity contribution in [3.8, 4) is 0 Å². The van der Waals surface area contributed by atoms with Gasteiger partial charge in [0.25, 0.3) is 0 Å². The molecule has 3 unspecified atom stereocenters. The van der Waals surface area contributed by atoms with E-state index in [-0.39, 0.29) is 0 Å². The van der Waals surface area contributed by atoms with E-state index < -0.39 is 0 Å². The summed E-state index contributed by atoms with van der Waals surface area (Å²) in [5.74, 6) is 2.11. The fourth-order valence-electron chi connectivity index (χ4n) is 3.03. The molecule has 0 bridgehead atoms. The van der Waals surface area contributed by atoms with Gasteiger partial charge in [-0.15, -0.1) is 0 Å². The molecule has 1 fully saturated rings. The number of hydrogen-bond acceptors (Lipinski definition) is 4. The van der Waals surface area contributed by atoms with E-state index in [1.807, 2.05) is 11.8 Å². The minimum Gasteiger partial charge on any atom is -0.362 e. The molecule has 2 nitrogen and oxygen atoms in total. The predicted octanol–water partition coefficient (Wildman–Crippen LogP) is 3.93. The largest absolute Gasteiger partial charge is 0.362 e. The highest BCUT2D eigenvalue weighted by molar-refractivity contribution is 8.13. The van der Waals surface area contributed by atoms with Crippen molar-refractivity contribution in [1.82, 2.24) is 5.32 Å². The molecule has 19 heavy (non-hydrogen) atoms. The average Bonchev–Trinajstić information content (AvgIpc) is 2.91. The quantitative estimate of drug-likeness (QED) is 0.913. The molecule has 4 heteroatoms. The normalized spacial score (nSPS) is 28.4. The van der Waals surface area contributed by atoms with E-state index in [4.69, 9.17) is 4.99 Å². The van der Waals surface area contributed by atoms with Crippen LogP contribution in [0.5, 0.6) is 0 Å². The molecule has 3 rings (SSSR count). The highest BCUT2D eigenvalue weighted by Crippen LogP contribution is 2.33. The molecule has 0 radical (unpaired) electrons. The molecule has 3 atom stereocenters. The van der Waals surface area contributed by atoms with E-state index in [1.54, 1.807) is 11.3 Å². The molecule has 104 valence electrons. The Morgan fingerprint density at radius 2 is 2.32 bits per heavy atom. The highest BCUT2D eigenvalue weighted by Gasteiger charge is 2.29. The number of aliphatic imine (C=N–C) groups is 1. The van der Waals surface area contributed by atoms with E-state index in [1.165, 1.54) is 42.2 Å². The third-order valence-electron chi connectivity index (χ3n) is 4.08. The topological polar surface area (TPSA) is 24.4 Å². The number of nitrogens with zero attached hydrogens (tertiary/aromatic N) is 1. The van der Waals surface area contributed by atoms with Crippen LogP contribution < -0.4 is 5.32 Å². The molecular formula is C15H22N2S2. The van der Waals surface area contributed by atoms with Crippen LogP contribution in [0.1, 0.15) is 38.2 Å². The Morgan fingerprint density at radius 1 is 1.42 bits per heavy atom. The lowest BCUT2D eigenvalue weighted by Gasteiger charge is -2.33. The van der Waals surface area contributed by atoms with Crippen molar-refractivity contribution in [3.05, 3.63) is 22.4 Å². The van der Waals surface area contributed by atoms with Crippen LogP contribution in [0.3, 0.4) is 0 Å². The lowest BCUT2D eigenvalue weighted by atomic mass is 9.86. The fraction of sp³-hybridized carbons (Fsp3) is 0.667. The van der Waals surface area contributed by atoms with Gasteiger partial charge in [-0.2, -0.15) is 11.3 Å².